The van der Waals surface area contributed by atoms with Crippen molar-refractivity contribution in [1.82, 2.24) is 0 Å². The highest BCUT2D eigenvalue weighted by Crippen LogP contribution is 2.26. The van der Waals surface area contributed by atoms with Crippen LogP contribution in [0.4, 0.5) is 5.69 Å². The van der Waals surface area contributed by atoms with Crippen molar-refractivity contribution in [3.05, 3.63) is 23.2 Å². The Kier molecular flexibility index (Phi) is 5.04. The van der Waals surface area contributed by atoms with Crippen LogP contribution in [-0.4, -0.2) is 30.4 Å². The molecule has 0 bridgehead atoms. The smallest absolute Gasteiger partial charge is 0.264 e. The summed E-state index contributed by atoms with van der Waals surface area (Å²) in [5.74, 6) is -0.167. The van der Waals surface area contributed by atoms with Crippen molar-refractivity contribution >= 4 is 27.4 Å². The fraction of sp³-hybridized carbons (Fsp3) is 0.400. The zero-order valence-corrected chi connectivity index (χ0v) is 10.6. The van der Waals surface area contributed by atoms with E-state index in [1.807, 2.05) is 0 Å². The molecule has 0 unspecified atom stereocenters. The van der Waals surface area contributed by atoms with Gasteiger partial charge in [-0.15, -0.1) is 0 Å². The number of phenols is 1. The average Bonchev–Trinajstić information content (AvgIpc) is 2.21. The molecule has 0 spiro atoms. The highest BCUT2D eigenvalue weighted by atomic mass is 35.5. The Morgan fingerprint density at radius 1 is 1.29 bits per heavy atom. The fourth-order valence-corrected chi connectivity index (χ4v) is 2.02. The molecule has 1 rings (SSSR count). The molecular weight excluding hydrogens is 266 g/mol. The first-order valence-corrected chi connectivity index (χ1v) is 7.05. The summed E-state index contributed by atoms with van der Waals surface area (Å²) in [6.45, 7) is 0.490. The molecule has 0 atom stereocenters. The molecule has 0 radical (unpaired) electrons. The molecule has 0 aliphatic rings. The molecule has 1 aromatic carbocycles. The first kappa shape index (κ1) is 14.1. The van der Waals surface area contributed by atoms with E-state index in [2.05, 4.69) is 5.32 Å². The third kappa shape index (κ3) is 5.76. The average molecular weight is 280 g/mol. The minimum absolute atomic E-state index is 0.0872. The summed E-state index contributed by atoms with van der Waals surface area (Å²) in [7, 11) is -3.88. The molecular formula is C10H14ClNO4S. The molecule has 3 N–H and O–H groups in total. The van der Waals surface area contributed by atoms with Crippen LogP contribution in [0.5, 0.6) is 5.75 Å². The summed E-state index contributed by atoms with van der Waals surface area (Å²) in [5.41, 5.74) is 0.504. The van der Waals surface area contributed by atoms with Gasteiger partial charge in [-0.3, -0.25) is 4.55 Å². The van der Waals surface area contributed by atoms with Gasteiger partial charge in [0.25, 0.3) is 10.1 Å². The fourth-order valence-electron chi connectivity index (χ4n) is 1.28. The van der Waals surface area contributed by atoms with Crippen LogP contribution < -0.4 is 5.32 Å². The van der Waals surface area contributed by atoms with Gasteiger partial charge in [0.2, 0.25) is 0 Å². The first-order valence-electron chi connectivity index (χ1n) is 5.06. The first-order chi connectivity index (χ1) is 7.88. The van der Waals surface area contributed by atoms with Crippen LogP contribution in [0.25, 0.3) is 0 Å². The lowest BCUT2D eigenvalue weighted by atomic mass is 10.2. The molecule has 17 heavy (non-hydrogen) atoms. The zero-order chi connectivity index (χ0) is 12.9. The quantitative estimate of drug-likeness (QED) is 0.422. The van der Waals surface area contributed by atoms with Crippen molar-refractivity contribution in [2.45, 2.75) is 12.8 Å². The van der Waals surface area contributed by atoms with E-state index in [0.29, 0.717) is 30.1 Å². The normalized spacial score (nSPS) is 11.4. The van der Waals surface area contributed by atoms with Crippen LogP contribution in [-0.2, 0) is 10.1 Å². The number of anilines is 1. The zero-order valence-electron chi connectivity index (χ0n) is 9.06. The minimum atomic E-state index is -3.88. The summed E-state index contributed by atoms with van der Waals surface area (Å²) in [6.07, 6.45) is 0.916. The van der Waals surface area contributed by atoms with Crippen molar-refractivity contribution in [3.63, 3.8) is 0 Å². The predicted molar refractivity (Wildman–Crippen MR) is 67.3 cm³/mol. The number of hydrogen-bond donors (Lipinski definition) is 3. The number of hydrogen-bond acceptors (Lipinski definition) is 4. The van der Waals surface area contributed by atoms with Gasteiger partial charge in [0.1, 0.15) is 5.75 Å². The van der Waals surface area contributed by atoms with E-state index in [9.17, 15) is 13.5 Å². The summed E-state index contributed by atoms with van der Waals surface area (Å²) >= 11 is 5.75. The highest BCUT2D eigenvalue weighted by Gasteiger charge is 2.04. The standard InChI is InChI=1S/C10H14ClNO4S/c11-8-3-4-10(13)9(7-8)12-5-1-2-6-17(14,15)16/h3-4,7,12-13H,1-2,5-6H2,(H,14,15,16). The summed E-state index contributed by atoms with van der Waals surface area (Å²) in [6, 6.07) is 4.63. The number of nitrogens with one attached hydrogen (secondary N) is 1. The van der Waals surface area contributed by atoms with Gasteiger partial charge < -0.3 is 10.4 Å². The van der Waals surface area contributed by atoms with E-state index in [4.69, 9.17) is 16.2 Å². The Morgan fingerprint density at radius 2 is 2.00 bits per heavy atom. The van der Waals surface area contributed by atoms with Gasteiger partial charge in [-0.1, -0.05) is 11.6 Å². The van der Waals surface area contributed by atoms with Crippen molar-refractivity contribution in [3.8, 4) is 5.75 Å². The van der Waals surface area contributed by atoms with E-state index < -0.39 is 10.1 Å². The molecule has 0 saturated carbocycles. The molecule has 0 amide bonds. The Bertz CT molecular complexity index is 475. The van der Waals surface area contributed by atoms with Crippen LogP contribution in [0.1, 0.15) is 12.8 Å². The van der Waals surface area contributed by atoms with Crippen molar-refractivity contribution < 1.29 is 18.1 Å². The second kappa shape index (κ2) is 6.09. The summed E-state index contributed by atoms with van der Waals surface area (Å²) in [5, 5.41) is 12.9. The van der Waals surface area contributed by atoms with Gasteiger partial charge in [0.15, 0.2) is 0 Å². The van der Waals surface area contributed by atoms with Gasteiger partial charge in [0, 0.05) is 11.6 Å². The second-order valence-corrected chi connectivity index (χ2v) is 5.59. The van der Waals surface area contributed by atoms with Crippen LogP contribution in [0.2, 0.25) is 5.02 Å². The lowest BCUT2D eigenvalue weighted by Gasteiger charge is -2.08. The van der Waals surface area contributed by atoms with E-state index in [0.717, 1.165) is 0 Å². The van der Waals surface area contributed by atoms with E-state index in [-0.39, 0.29) is 11.5 Å². The summed E-state index contributed by atoms with van der Waals surface area (Å²) in [4.78, 5) is 0. The van der Waals surface area contributed by atoms with Crippen molar-refractivity contribution in [1.29, 1.82) is 0 Å². The van der Waals surface area contributed by atoms with E-state index in [1.165, 1.54) is 6.07 Å². The number of rotatable bonds is 6. The van der Waals surface area contributed by atoms with Crippen molar-refractivity contribution in [2.24, 2.45) is 0 Å². The van der Waals surface area contributed by atoms with Crippen LogP contribution in [0, 0.1) is 0 Å². The Morgan fingerprint density at radius 3 is 2.65 bits per heavy atom. The Hall–Kier alpha value is -0.980. The minimum Gasteiger partial charge on any atom is -0.506 e. The summed E-state index contributed by atoms with van der Waals surface area (Å²) < 4.78 is 29.4. The maximum Gasteiger partial charge on any atom is 0.264 e. The molecule has 96 valence electrons. The number of phenolic OH excluding ortho intramolecular Hbond substituents is 1. The van der Waals surface area contributed by atoms with Crippen LogP contribution >= 0.6 is 11.6 Å². The van der Waals surface area contributed by atoms with Gasteiger partial charge in [-0.05, 0) is 31.0 Å². The van der Waals surface area contributed by atoms with Crippen LogP contribution in [0.3, 0.4) is 0 Å². The SMILES string of the molecule is O=S(=O)(O)CCCCNc1cc(Cl)ccc1O. The molecule has 1 aromatic rings. The Labute approximate surface area is 105 Å². The molecule has 0 aliphatic carbocycles. The monoisotopic (exact) mass is 279 g/mol. The molecule has 0 heterocycles. The number of unbranched alkanes of at least 4 members (excludes halogenated alkanes) is 1. The number of benzene rings is 1. The third-order valence-corrected chi connectivity index (χ3v) is 3.14. The number of aromatic hydroxyl groups is 1. The third-order valence-electron chi connectivity index (χ3n) is 2.10. The lowest BCUT2D eigenvalue weighted by molar-refractivity contribution is 0.476. The molecule has 0 aliphatic heterocycles. The van der Waals surface area contributed by atoms with Gasteiger partial charge in [-0.2, -0.15) is 8.42 Å². The molecule has 0 aromatic heterocycles. The number of halogens is 1. The second-order valence-electron chi connectivity index (χ2n) is 3.58. The van der Waals surface area contributed by atoms with Gasteiger partial charge >= 0.3 is 0 Å². The molecule has 0 saturated heterocycles. The predicted octanol–water partition coefficient (Wildman–Crippen LogP) is 2.13. The Balaban J connectivity index is 2.34. The maximum absolute atomic E-state index is 10.4. The molecule has 7 heteroatoms. The topological polar surface area (TPSA) is 86.6 Å². The lowest BCUT2D eigenvalue weighted by Crippen LogP contribution is -2.07. The van der Waals surface area contributed by atoms with Gasteiger partial charge in [-0.25, -0.2) is 0 Å². The molecule has 0 fully saturated rings. The molecule has 5 nitrogen and oxygen atoms in total. The van der Waals surface area contributed by atoms with Crippen LogP contribution in [0.15, 0.2) is 18.2 Å². The van der Waals surface area contributed by atoms with E-state index in [1.54, 1.807) is 12.1 Å². The largest absolute Gasteiger partial charge is 0.506 e. The van der Waals surface area contributed by atoms with Crippen molar-refractivity contribution in [2.75, 3.05) is 17.6 Å². The van der Waals surface area contributed by atoms with E-state index >= 15 is 0 Å². The maximum atomic E-state index is 10.4. The van der Waals surface area contributed by atoms with Gasteiger partial charge in [0.05, 0.1) is 11.4 Å². The highest BCUT2D eigenvalue weighted by molar-refractivity contribution is 7.85.